The van der Waals surface area contributed by atoms with Gasteiger partial charge in [0, 0.05) is 30.9 Å². The van der Waals surface area contributed by atoms with Crippen molar-refractivity contribution in [1.29, 1.82) is 0 Å². The lowest BCUT2D eigenvalue weighted by atomic mass is 10.2. The van der Waals surface area contributed by atoms with E-state index >= 15 is 0 Å². The summed E-state index contributed by atoms with van der Waals surface area (Å²) in [5, 5.41) is 1.11. The van der Waals surface area contributed by atoms with E-state index in [4.69, 9.17) is 4.74 Å². The van der Waals surface area contributed by atoms with Crippen LogP contribution in [0.15, 0.2) is 60.7 Å². The average Bonchev–Trinajstić information content (AvgIpc) is 3.05. The van der Waals surface area contributed by atoms with Gasteiger partial charge in [0.15, 0.2) is 0 Å². The van der Waals surface area contributed by atoms with Crippen LogP contribution in [0, 0.1) is 0 Å². The maximum atomic E-state index is 12.9. The van der Waals surface area contributed by atoms with E-state index in [0.717, 1.165) is 33.5 Å². The van der Waals surface area contributed by atoms with Gasteiger partial charge < -0.3 is 9.64 Å². The molecule has 29 heavy (non-hydrogen) atoms. The number of carbonyl (C=O) groups excluding carboxylic acids is 2. The van der Waals surface area contributed by atoms with Gasteiger partial charge in [-0.25, -0.2) is 0 Å². The molecule has 1 saturated heterocycles. The molecule has 5 nitrogen and oxygen atoms in total. The first-order valence-electron chi connectivity index (χ1n) is 9.89. The van der Waals surface area contributed by atoms with Crippen molar-refractivity contribution < 1.29 is 14.3 Å². The summed E-state index contributed by atoms with van der Waals surface area (Å²) in [6, 6.07) is 19.7. The summed E-state index contributed by atoms with van der Waals surface area (Å²) in [4.78, 5) is 29.9. The number of rotatable bonds is 5. The third kappa shape index (κ3) is 5.02. The van der Waals surface area contributed by atoms with Gasteiger partial charge in [0.25, 0.3) is 5.91 Å². The Balaban J connectivity index is 1.29. The predicted octanol–water partition coefficient (Wildman–Crippen LogP) is 3.79. The van der Waals surface area contributed by atoms with Crippen LogP contribution in [0.4, 0.5) is 0 Å². The van der Waals surface area contributed by atoms with E-state index in [1.54, 1.807) is 11.3 Å². The molecule has 2 aromatic carbocycles. The number of fused-ring (bicyclic) bond motifs is 1. The van der Waals surface area contributed by atoms with Gasteiger partial charge in [-0.15, -0.1) is 11.3 Å². The quantitative estimate of drug-likeness (QED) is 0.603. The highest BCUT2D eigenvalue weighted by atomic mass is 32.1. The molecule has 0 bridgehead atoms. The van der Waals surface area contributed by atoms with Crippen LogP contribution < -0.4 is 0 Å². The molecule has 1 aliphatic heterocycles. The number of amides is 1. The summed E-state index contributed by atoms with van der Waals surface area (Å²) in [6.45, 7) is 3.36. The fraction of sp³-hybridized carbons (Fsp3) is 0.304. The van der Waals surface area contributed by atoms with Crippen molar-refractivity contribution in [3.05, 3.63) is 71.1 Å². The van der Waals surface area contributed by atoms with Crippen molar-refractivity contribution >= 4 is 33.3 Å². The Bertz CT molecular complexity index is 953. The Hall–Kier alpha value is -2.70. The molecule has 1 amide bonds. The Labute approximate surface area is 174 Å². The molecule has 0 saturated carbocycles. The second-order valence-corrected chi connectivity index (χ2v) is 8.30. The van der Waals surface area contributed by atoms with Crippen LogP contribution in [-0.2, 0) is 16.1 Å². The van der Waals surface area contributed by atoms with Crippen LogP contribution in [0.5, 0.6) is 0 Å². The first-order chi connectivity index (χ1) is 14.2. The number of benzene rings is 2. The van der Waals surface area contributed by atoms with Crippen LogP contribution in [0.2, 0.25) is 0 Å². The highest BCUT2D eigenvalue weighted by Gasteiger charge is 2.23. The number of hydrogen-bond acceptors (Lipinski definition) is 5. The van der Waals surface area contributed by atoms with Gasteiger partial charge in [-0.1, -0.05) is 48.5 Å². The maximum absolute atomic E-state index is 12.9. The third-order valence-corrected chi connectivity index (χ3v) is 6.21. The molecule has 1 aliphatic rings. The largest absolute Gasteiger partial charge is 0.460 e. The Morgan fingerprint density at radius 2 is 1.72 bits per heavy atom. The Morgan fingerprint density at radius 3 is 2.55 bits per heavy atom. The lowest BCUT2D eigenvalue weighted by Crippen LogP contribution is -2.36. The van der Waals surface area contributed by atoms with Crippen LogP contribution in [0.3, 0.4) is 0 Å². The molecule has 0 spiro atoms. The summed E-state index contributed by atoms with van der Waals surface area (Å²) in [5.74, 6) is -0.141. The summed E-state index contributed by atoms with van der Waals surface area (Å²) < 4.78 is 6.52. The highest BCUT2D eigenvalue weighted by molar-refractivity contribution is 7.20. The van der Waals surface area contributed by atoms with Crippen molar-refractivity contribution in [2.24, 2.45) is 0 Å². The number of carbonyl (C=O) groups is 2. The van der Waals surface area contributed by atoms with Gasteiger partial charge in [0.05, 0.1) is 11.4 Å². The molecule has 2 heterocycles. The topological polar surface area (TPSA) is 49.9 Å². The molecule has 0 unspecified atom stereocenters. The molecule has 0 radical (unpaired) electrons. The smallest absolute Gasteiger partial charge is 0.320 e. The van der Waals surface area contributed by atoms with E-state index < -0.39 is 0 Å². The fourth-order valence-electron chi connectivity index (χ4n) is 3.54. The standard InChI is InChI=1S/C23H24N2O3S/c26-22(28-17-18-7-2-1-3-8-18)16-24-11-6-12-25(14-13-24)23(27)21-15-19-9-4-5-10-20(19)29-21/h1-5,7-10,15H,6,11-14,16-17H2. The number of ether oxygens (including phenoxy) is 1. The van der Waals surface area contributed by atoms with E-state index in [0.29, 0.717) is 26.2 Å². The molecule has 0 aliphatic carbocycles. The number of nitrogens with zero attached hydrogens (tertiary/aromatic N) is 2. The van der Waals surface area contributed by atoms with Crippen LogP contribution in [0.1, 0.15) is 21.7 Å². The van der Waals surface area contributed by atoms with Crippen molar-refractivity contribution in [3.8, 4) is 0 Å². The molecule has 3 aromatic rings. The monoisotopic (exact) mass is 408 g/mol. The zero-order valence-corrected chi connectivity index (χ0v) is 17.1. The molecule has 150 valence electrons. The molecule has 1 aromatic heterocycles. The van der Waals surface area contributed by atoms with Crippen molar-refractivity contribution in [2.75, 3.05) is 32.7 Å². The SMILES string of the molecule is O=C(CN1CCCN(C(=O)c2cc3ccccc3s2)CC1)OCc1ccccc1. The average molecular weight is 409 g/mol. The van der Waals surface area contributed by atoms with Crippen molar-refractivity contribution in [2.45, 2.75) is 13.0 Å². The number of thiophene rings is 1. The van der Waals surface area contributed by atoms with Crippen molar-refractivity contribution in [1.82, 2.24) is 9.80 Å². The molecular formula is C23H24N2O3S. The fourth-order valence-corrected chi connectivity index (χ4v) is 4.57. The minimum absolute atomic E-state index is 0.0831. The normalized spacial score (nSPS) is 15.2. The number of esters is 1. The van der Waals surface area contributed by atoms with Crippen LogP contribution >= 0.6 is 11.3 Å². The lowest BCUT2D eigenvalue weighted by molar-refractivity contribution is -0.146. The second kappa shape index (κ2) is 9.20. The summed E-state index contributed by atoms with van der Waals surface area (Å²) in [5.41, 5.74) is 0.983. The van der Waals surface area contributed by atoms with Gasteiger partial charge in [-0.2, -0.15) is 0 Å². The van der Waals surface area contributed by atoms with Gasteiger partial charge in [0.2, 0.25) is 0 Å². The second-order valence-electron chi connectivity index (χ2n) is 7.22. The van der Waals surface area contributed by atoms with E-state index in [1.165, 1.54) is 0 Å². The minimum Gasteiger partial charge on any atom is -0.460 e. The molecule has 0 atom stereocenters. The summed E-state index contributed by atoms with van der Waals surface area (Å²) >= 11 is 1.54. The van der Waals surface area contributed by atoms with Gasteiger partial charge in [-0.05, 0) is 29.5 Å². The highest BCUT2D eigenvalue weighted by Crippen LogP contribution is 2.26. The summed E-state index contributed by atoms with van der Waals surface area (Å²) in [7, 11) is 0. The van der Waals surface area contributed by atoms with Crippen molar-refractivity contribution in [3.63, 3.8) is 0 Å². The third-order valence-electron chi connectivity index (χ3n) is 5.11. The first kappa shape index (κ1) is 19.6. The van der Waals surface area contributed by atoms with E-state index in [9.17, 15) is 9.59 Å². The van der Waals surface area contributed by atoms with E-state index in [2.05, 4.69) is 4.90 Å². The molecule has 4 rings (SSSR count). The molecule has 0 N–H and O–H groups in total. The molecular weight excluding hydrogens is 384 g/mol. The van der Waals surface area contributed by atoms with Crippen LogP contribution in [0.25, 0.3) is 10.1 Å². The summed E-state index contributed by atoms with van der Waals surface area (Å²) in [6.07, 6.45) is 0.850. The zero-order valence-electron chi connectivity index (χ0n) is 16.3. The predicted molar refractivity (Wildman–Crippen MR) is 115 cm³/mol. The zero-order chi connectivity index (χ0) is 20.1. The molecule has 6 heteroatoms. The van der Waals surface area contributed by atoms with Gasteiger partial charge >= 0.3 is 5.97 Å². The Kier molecular flexibility index (Phi) is 6.22. The Morgan fingerprint density at radius 1 is 0.931 bits per heavy atom. The van der Waals surface area contributed by atoms with Crippen LogP contribution in [-0.4, -0.2) is 54.4 Å². The lowest BCUT2D eigenvalue weighted by Gasteiger charge is -2.21. The number of hydrogen-bond donors (Lipinski definition) is 0. The van der Waals surface area contributed by atoms with E-state index in [-0.39, 0.29) is 18.4 Å². The maximum Gasteiger partial charge on any atom is 0.320 e. The first-order valence-corrected chi connectivity index (χ1v) is 10.7. The van der Waals surface area contributed by atoms with Gasteiger partial charge in [0.1, 0.15) is 6.61 Å². The van der Waals surface area contributed by atoms with E-state index in [1.807, 2.05) is 65.6 Å². The van der Waals surface area contributed by atoms with Gasteiger partial charge in [-0.3, -0.25) is 14.5 Å². The minimum atomic E-state index is -0.224. The molecule has 1 fully saturated rings.